The van der Waals surface area contributed by atoms with Gasteiger partial charge in [-0.2, -0.15) is 5.26 Å². The lowest BCUT2D eigenvalue weighted by Gasteiger charge is -2.13. The highest BCUT2D eigenvalue weighted by Crippen LogP contribution is 2.33. The van der Waals surface area contributed by atoms with Crippen LogP contribution in [0.5, 0.6) is 0 Å². The minimum atomic E-state index is -3.85. The van der Waals surface area contributed by atoms with Gasteiger partial charge in [-0.3, -0.25) is 0 Å². The van der Waals surface area contributed by atoms with Crippen molar-refractivity contribution in [3.8, 4) is 6.07 Å². The maximum Gasteiger partial charge on any atom is 0.268 e. The third kappa shape index (κ3) is 3.56. The Balaban J connectivity index is 1.76. The van der Waals surface area contributed by atoms with E-state index in [2.05, 4.69) is 27.0 Å². The zero-order chi connectivity index (χ0) is 23.2. The maximum absolute atomic E-state index is 13.9. The van der Waals surface area contributed by atoms with Crippen LogP contribution in [0.4, 0.5) is 0 Å². The number of nitriles is 1. The molecule has 0 aliphatic heterocycles. The van der Waals surface area contributed by atoms with Crippen molar-refractivity contribution >= 4 is 47.8 Å². The fourth-order valence-corrected chi connectivity index (χ4v) is 6.33. The first kappa shape index (κ1) is 21.5. The largest absolute Gasteiger partial charge is 0.358 e. The van der Waals surface area contributed by atoms with Crippen LogP contribution in [0.1, 0.15) is 22.5 Å². The monoisotopic (exact) mass is 517 g/mol. The van der Waals surface area contributed by atoms with Crippen LogP contribution in [0.3, 0.4) is 0 Å². The molecule has 5 aromatic rings. The van der Waals surface area contributed by atoms with Crippen molar-refractivity contribution in [3.05, 3.63) is 99.8 Å². The quantitative estimate of drug-likeness (QED) is 0.306. The van der Waals surface area contributed by atoms with Crippen LogP contribution in [0.25, 0.3) is 21.8 Å². The Kier molecular flexibility index (Phi) is 5.35. The fourth-order valence-electron chi connectivity index (χ4n) is 4.47. The molecule has 0 aliphatic carbocycles. The second kappa shape index (κ2) is 8.22. The van der Waals surface area contributed by atoms with Crippen molar-refractivity contribution in [2.24, 2.45) is 0 Å². The number of nitrogens with one attached hydrogen (secondary N) is 1. The van der Waals surface area contributed by atoms with Crippen LogP contribution >= 0.6 is 15.9 Å². The molecule has 164 valence electrons. The number of aryl methyl sites for hydroxylation is 1. The van der Waals surface area contributed by atoms with Gasteiger partial charge < -0.3 is 4.98 Å². The number of H-pyrrole nitrogens is 1. The molecule has 33 heavy (non-hydrogen) atoms. The normalized spacial score (nSPS) is 11.8. The second-order valence-electron chi connectivity index (χ2n) is 7.95. The predicted octanol–water partition coefficient (Wildman–Crippen LogP) is 6.09. The first-order valence-electron chi connectivity index (χ1n) is 10.5. The molecule has 2 heterocycles. The van der Waals surface area contributed by atoms with E-state index in [-0.39, 0.29) is 11.3 Å². The van der Waals surface area contributed by atoms with E-state index in [1.165, 1.54) is 3.97 Å². The van der Waals surface area contributed by atoms with E-state index >= 15 is 0 Å². The first-order chi connectivity index (χ1) is 15.9. The highest BCUT2D eigenvalue weighted by molar-refractivity contribution is 9.10. The molecular weight excluding hydrogens is 498 g/mol. The van der Waals surface area contributed by atoms with E-state index in [0.717, 1.165) is 37.6 Å². The topological polar surface area (TPSA) is 78.7 Å². The molecule has 5 rings (SSSR count). The van der Waals surface area contributed by atoms with Crippen LogP contribution in [-0.2, 0) is 22.9 Å². The highest BCUT2D eigenvalue weighted by atomic mass is 79.9. The van der Waals surface area contributed by atoms with Crippen molar-refractivity contribution < 1.29 is 8.42 Å². The SMILES string of the molecule is Cc1c(Cc2[nH]c3ccccc3c2CC#N)n(S(=O)(=O)c2ccc(Br)cc2)c2ccccc12. The van der Waals surface area contributed by atoms with Gasteiger partial charge in [0.25, 0.3) is 10.0 Å². The predicted molar refractivity (Wildman–Crippen MR) is 134 cm³/mol. The average molecular weight is 518 g/mol. The van der Waals surface area contributed by atoms with Gasteiger partial charge in [-0.1, -0.05) is 52.3 Å². The molecule has 7 heteroatoms. The van der Waals surface area contributed by atoms with Crippen molar-refractivity contribution in [1.82, 2.24) is 8.96 Å². The minimum absolute atomic E-state index is 0.224. The summed E-state index contributed by atoms with van der Waals surface area (Å²) >= 11 is 3.38. The zero-order valence-corrected chi connectivity index (χ0v) is 20.2. The summed E-state index contributed by atoms with van der Waals surface area (Å²) in [4.78, 5) is 3.65. The molecule has 2 aromatic heterocycles. The molecular formula is C26H20BrN3O2S. The number of halogens is 1. The summed E-state index contributed by atoms with van der Waals surface area (Å²) in [7, 11) is -3.85. The van der Waals surface area contributed by atoms with E-state index < -0.39 is 10.0 Å². The molecule has 0 bridgehead atoms. The van der Waals surface area contributed by atoms with Crippen molar-refractivity contribution in [2.45, 2.75) is 24.7 Å². The Morgan fingerprint density at radius 3 is 2.36 bits per heavy atom. The molecule has 0 amide bonds. The third-order valence-electron chi connectivity index (χ3n) is 6.06. The smallest absolute Gasteiger partial charge is 0.268 e. The summed E-state index contributed by atoms with van der Waals surface area (Å²) in [5.41, 5.74) is 4.94. The molecule has 0 radical (unpaired) electrons. The Morgan fingerprint density at radius 1 is 0.970 bits per heavy atom. The number of para-hydroxylation sites is 2. The molecule has 0 fully saturated rings. The summed E-state index contributed by atoms with van der Waals surface area (Å²) in [5.74, 6) is 0. The molecule has 0 saturated heterocycles. The average Bonchev–Trinajstić information content (AvgIpc) is 3.30. The number of rotatable bonds is 5. The Morgan fingerprint density at radius 2 is 1.64 bits per heavy atom. The van der Waals surface area contributed by atoms with E-state index in [1.807, 2.05) is 55.5 Å². The van der Waals surface area contributed by atoms with Gasteiger partial charge in [-0.05, 0) is 54.4 Å². The first-order valence-corrected chi connectivity index (χ1v) is 12.7. The van der Waals surface area contributed by atoms with E-state index in [4.69, 9.17) is 0 Å². The van der Waals surface area contributed by atoms with E-state index in [1.54, 1.807) is 24.3 Å². The Hall–Kier alpha value is -3.34. The van der Waals surface area contributed by atoms with Crippen LogP contribution < -0.4 is 0 Å². The van der Waals surface area contributed by atoms with Gasteiger partial charge >= 0.3 is 0 Å². The third-order valence-corrected chi connectivity index (χ3v) is 8.35. The number of aromatic nitrogens is 2. The second-order valence-corrected chi connectivity index (χ2v) is 10.7. The van der Waals surface area contributed by atoms with Gasteiger partial charge in [0.05, 0.1) is 22.9 Å². The number of aromatic amines is 1. The van der Waals surface area contributed by atoms with Crippen molar-refractivity contribution in [2.75, 3.05) is 0 Å². The lowest BCUT2D eigenvalue weighted by atomic mass is 10.0. The lowest BCUT2D eigenvalue weighted by molar-refractivity contribution is 0.587. The maximum atomic E-state index is 13.9. The summed E-state index contributed by atoms with van der Waals surface area (Å²) in [5, 5.41) is 11.3. The summed E-state index contributed by atoms with van der Waals surface area (Å²) in [6, 6.07) is 24.3. The van der Waals surface area contributed by atoms with Gasteiger partial charge in [-0.25, -0.2) is 12.4 Å². The number of benzene rings is 3. The van der Waals surface area contributed by atoms with Gasteiger partial charge in [0.15, 0.2) is 0 Å². The number of hydrogen-bond donors (Lipinski definition) is 1. The molecule has 1 N–H and O–H groups in total. The molecule has 0 atom stereocenters. The molecule has 0 aliphatic rings. The zero-order valence-electron chi connectivity index (χ0n) is 17.8. The van der Waals surface area contributed by atoms with Crippen LogP contribution in [0.15, 0.2) is 82.2 Å². The summed E-state index contributed by atoms with van der Waals surface area (Å²) in [6.07, 6.45) is 0.611. The minimum Gasteiger partial charge on any atom is -0.358 e. The highest BCUT2D eigenvalue weighted by Gasteiger charge is 2.26. The van der Waals surface area contributed by atoms with Gasteiger partial charge in [0.2, 0.25) is 0 Å². The molecule has 5 nitrogen and oxygen atoms in total. The number of fused-ring (bicyclic) bond motifs is 2. The number of hydrogen-bond acceptors (Lipinski definition) is 3. The van der Waals surface area contributed by atoms with Crippen LogP contribution in [0.2, 0.25) is 0 Å². The molecule has 3 aromatic carbocycles. The van der Waals surface area contributed by atoms with Crippen molar-refractivity contribution in [1.29, 1.82) is 5.26 Å². The van der Waals surface area contributed by atoms with Crippen LogP contribution in [-0.4, -0.2) is 17.4 Å². The van der Waals surface area contributed by atoms with Crippen molar-refractivity contribution in [3.63, 3.8) is 0 Å². The Bertz CT molecular complexity index is 1660. The fraction of sp³-hybridized carbons (Fsp3) is 0.115. The standard InChI is InChI=1S/C26H20BrN3O2S/c1-17-20-6-3-5-9-25(20)30(33(31,32)19-12-10-18(27)11-13-19)26(17)16-24-22(14-15-28)21-7-2-4-8-23(21)29-24/h2-13,29H,14,16H2,1H3. The summed E-state index contributed by atoms with van der Waals surface area (Å²) in [6.45, 7) is 1.96. The number of nitrogens with zero attached hydrogens (tertiary/aromatic N) is 2. The molecule has 0 unspecified atom stereocenters. The van der Waals surface area contributed by atoms with Gasteiger partial charge in [-0.15, -0.1) is 0 Å². The Labute approximate surface area is 200 Å². The van der Waals surface area contributed by atoms with E-state index in [0.29, 0.717) is 17.6 Å². The summed E-state index contributed by atoms with van der Waals surface area (Å²) < 4.78 is 30.0. The molecule has 0 saturated carbocycles. The van der Waals surface area contributed by atoms with Gasteiger partial charge in [0.1, 0.15) is 0 Å². The van der Waals surface area contributed by atoms with Crippen LogP contribution in [0, 0.1) is 18.3 Å². The molecule has 0 spiro atoms. The van der Waals surface area contributed by atoms with Gasteiger partial charge in [0, 0.05) is 38.6 Å². The van der Waals surface area contributed by atoms with E-state index in [9.17, 15) is 13.7 Å². The lowest BCUT2D eigenvalue weighted by Crippen LogP contribution is -2.16.